The van der Waals surface area contributed by atoms with Crippen molar-refractivity contribution in [3.63, 3.8) is 0 Å². The Labute approximate surface area is 111 Å². The lowest BCUT2D eigenvalue weighted by Gasteiger charge is -2.27. The number of nitrogens with one attached hydrogen (secondary N) is 1. The van der Waals surface area contributed by atoms with Gasteiger partial charge in [0.25, 0.3) is 0 Å². The predicted octanol–water partition coefficient (Wildman–Crippen LogP) is 2.19. The van der Waals surface area contributed by atoms with E-state index in [9.17, 15) is 9.59 Å². The van der Waals surface area contributed by atoms with Gasteiger partial charge >= 0.3 is 0 Å². The van der Waals surface area contributed by atoms with Crippen LogP contribution in [-0.4, -0.2) is 35.8 Å². The van der Waals surface area contributed by atoms with Crippen LogP contribution in [0.5, 0.6) is 0 Å². The Morgan fingerprint density at radius 1 is 1.22 bits per heavy atom. The second-order valence-electron chi connectivity index (χ2n) is 5.25. The van der Waals surface area contributed by atoms with Crippen molar-refractivity contribution >= 4 is 11.8 Å². The Morgan fingerprint density at radius 3 is 2.28 bits per heavy atom. The van der Waals surface area contributed by atoms with Gasteiger partial charge in [-0.3, -0.25) is 9.59 Å². The van der Waals surface area contributed by atoms with E-state index in [1.807, 2.05) is 13.8 Å². The molecule has 2 amide bonds. The van der Waals surface area contributed by atoms with E-state index in [4.69, 9.17) is 0 Å². The van der Waals surface area contributed by atoms with Gasteiger partial charge in [-0.05, 0) is 25.7 Å². The highest BCUT2D eigenvalue weighted by Crippen LogP contribution is 2.05. The molecule has 0 aromatic heterocycles. The smallest absolute Gasteiger partial charge is 0.221 e. The number of nitrogens with zero attached hydrogens (tertiary/aromatic N) is 1. The number of rotatable bonds is 8. The topological polar surface area (TPSA) is 49.4 Å². The summed E-state index contributed by atoms with van der Waals surface area (Å²) in [6.45, 7) is 11.1. The molecule has 0 saturated heterocycles. The molecule has 0 saturated carbocycles. The molecule has 1 unspecified atom stereocenters. The molecule has 0 aliphatic rings. The summed E-state index contributed by atoms with van der Waals surface area (Å²) in [7, 11) is 0. The Bertz CT molecular complexity index is 265. The first-order valence-electron chi connectivity index (χ1n) is 6.92. The van der Waals surface area contributed by atoms with Gasteiger partial charge in [0.1, 0.15) is 0 Å². The molecule has 0 spiro atoms. The summed E-state index contributed by atoms with van der Waals surface area (Å²) in [4.78, 5) is 24.8. The highest BCUT2D eigenvalue weighted by molar-refractivity contribution is 5.78. The van der Waals surface area contributed by atoms with Crippen LogP contribution in [0.4, 0.5) is 0 Å². The van der Waals surface area contributed by atoms with Crippen molar-refractivity contribution < 1.29 is 9.59 Å². The van der Waals surface area contributed by atoms with E-state index in [0.29, 0.717) is 18.9 Å². The third-order valence-electron chi connectivity index (χ3n) is 3.15. The fraction of sp³-hybridized carbons (Fsp3) is 0.857. The highest BCUT2D eigenvalue weighted by Gasteiger charge is 2.16. The molecule has 4 nitrogen and oxygen atoms in total. The molecular weight excluding hydrogens is 228 g/mol. The minimum atomic E-state index is 0.0326. The summed E-state index contributed by atoms with van der Waals surface area (Å²) in [6, 6.07) is 0.200. The minimum absolute atomic E-state index is 0.0326. The fourth-order valence-corrected chi connectivity index (χ4v) is 1.72. The first-order valence-corrected chi connectivity index (χ1v) is 6.92. The van der Waals surface area contributed by atoms with Gasteiger partial charge in [-0.25, -0.2) is 0 Å². The zero-order chi connectivity index (χ0) is 14.1. The van der Waals surface area contributed by atoms with Gasteiger partial charge in [-0.15, -0.1) is 0 Å². The van der Waals surface area contributed by atoms with E-state index in [1.54, 1.807) is 11.8 Å². The van der Waals surface area contributed by atoms with Crippen LogP contribution in [0.15, 0.2) is 0 Å². The molecule has 106 valence electrons. The summed E-state index contributed by atoms with van der Waals surface area (Å²) in [5.74, 6) is 0.670. The molecule has 0 aromatic rings. The van der Waals surface area contributed by atoms with Crippen LogP contribution in [0.2, 0.25) is 0 Å². The summed E-state index contributed by atoms with van der Waals surface area (Å²) in [6.07, 6.45) is 2.30. The van der Waals surface area contributed by atoms with Gasteiger partial charge < -0.3 is 10.2 Å². The molecule has 0 aromatic carbocycles. The number of carbonyl (C=O) groups is 2. The number of amides is 2. The molecule has 0 fully saturated rings. The molecule has 0 aliphatic heterocycles. The Hall–Kier alpha value is -1.06. The van der Waals surface area contributed by atoms with Crippen molar-refractivity contribution in [3.8, 4) is 0 Å². The zero-order valence-corrected chi connectivity index (χ0v) is 12.5. The van der Waals surface area contributed by atoms with Crippen molar-refractivity contribution in [3.05, 3.63) is 0 Å². The fourth-order valence-electron chi connectivity index (χ4n) is 1.72. The monoisotopic (exact) mass is 256 g/mol. The normalized spacial score (nSPS) is 12.3. The van der Waals surface area contributed by atoms with Crippen LogP contribution in [0.1, 0.15) is 53.9 Å². The number of hydrogen-bond acceptors (Lipinski definition) is 2. The van der Waals surface area contributed by atoms with E-state index >= 15 is 0 Å². The molecule has 18 heavy (non-hydrogen) atoms. The molecule has 0 heterocycles. The average Bonchev–Trinajstić information content (AvgIpc) is 2.27. The van der Waals surface area contributed by atoms with Gasteiger partial charge in [-0.2, -0.15) is 0 Å². The van der Waals surface area contributed by atoms with E-state index in [1.165, 1.54) is 0 Å². The predicted molar refractivity (Wildman–Crippen MR) is 74.2 cm³/mol. The van der Waals surface area contributed by atoms with Crippen LogP contribution in [0, 0.1) is 5.92 Å². The van der Waals surface area contributed by atoms with Gasteiger partial charge in [-0.1, -0.05) is 20.8 Å². The lowest BCUT2D eigenvalue weighted by molar-refractivity contribution is -0.131. The SMILES string of the molecule is CCC(C)N(CCC(=O)NCCC(C)C)C(C)=O. The summed E-state index contributed by atoms with van der Waals surface area (Å²) in [5, 5.41) is 2.89. The van der Waals surface area contributed by atoms with E-state index in [0.717, 1.165) is 19.4 Å². The second-order valence-corrected chi connectivity index (χ2v) is 5.25. The maximum Gasteiger partial charge on any atom is 0.221 e. The van der Waals surface area contributed by atoms with Crippen LogP contribution in [-0.2, 0) is 9.59 Å². The number of hydrogen-bond donors (Lipinski definition) is 1. The molecule has 1 N–H and O–H groups in total. The van der Waals surface area contributed by atoms with Crippen LogP contribution >= 0.6 is 0 Å². The second kappa shape index (κ2) is 8.95. The first kappa shape index (κ1) is 16.9. The molecule has 1 atom stereocenters. The Balaban J connectivity index is 3.97. The average molecular weight is 256 g/mol. The van der Waals surface area contributed by atoms with E-state index in [-0.39, 0.29) is 17.9 Å². The molecular formula is C14H28N2O2. The molecule has 0 aliphatic carbocycles. The molecule has 0 radical (unpaired) electrons. The van der Waals surface area contributed by atoms with Crippen molar-refractivity contribution in [1.29, 1.82) is 0 Å². The van der Waals surface area contributed by atoms with Crippen LogP contribution in [0.25, 0.3) is 0 Å². The molecule has 0 bridgehead atoms. The Morgan fingerprint density at radius 2 is 1.83 bits per heavy atom. The maximum absolute atomic E-state index is 11.6. The Kier molecular flexibility index (Phi) is 8.42. The lowest BCUT2D eigenvalue weighted by atomic mass is 10.1. The standard InChI is InChI=1S/C14H28N2O2/c1-6-12(4)16(13(5)17)10-8-14(18)15-9-7-11(2)3/h11-12H,6-10H2,1-5H3,(H,15,18). The first-order chi connectivity index (χ1) is 8.38. The van der Waals surface area contributed by atoms with Crippen molar-refractivity contribution in [2.45, 2.75) is 59.9 Å². The summed E-state index contributed by atoms with van der Waals surface area (Å²) >= 11 is 0. The van der Waals surface area contributed by atoms with Crippen LogP contribution < -0.4 is 5.32 Å². The highest BCUT2D eigenvalue weighted by atomic mass is 16.2. The third kappa shape index (κ3) is 7.30. The summed E-state index contributed by atoms with van der Waals surface area (Å²) in [5.41, 5.74) is 0. The molecule has 4 heteroatoms. The van der Waals surface area contributed by atoms with Crippen molar-refractivity contribution in [2.24, 2.45) is 5.92 Å². The van der Waals surface area contributed by atoms with Crippen molar-refractivity contribution in [2.75, 3.05) is 13.1 Å². The van der Waals surface area contributed by atoms with E-state index in [2.05, 4.69) is 19.2 Å². The van der Waals surface area contributed by atoms with Crippen molar-refractivity contribution in [1.82, 2.24) is 10.2 Å². The van der Waals surface area contributed by atoms with E-state index < -0.39 is 0 Å². The van der Waals surface area contributed by atoms with Gasteiger partial charge in [0.15, 0.2) is 0 Å². The quantitative estimate of drug-likeness (QED) is 0.723. The van der Waals surface area contributed by atoms with Gasteiger partial charge in [0, 0.05) is 32.5 Å². The largest absolute Gasteiger partial charge is 0.356 e. The lowest BCUT2D eigenvalue weighted by Crippen LogP contribution is -2.39. The van der Waals surface area contributed by atoms with Gasteiger partial charge in [0.2, 0.25) is 11.8 Å². The van der Waals surface area contributed by atoms with Gasteiger partial charge in [0.05, 0.1) is 0 Å². The summed E-state index contributed by atoms with van der Waals surface area (Å²) < 4.78 is 0. The van der Waals surface area contributed by atoms with Crippen LogP contribution in [0.3, 0.4) is 0 Å². The number of carbonyl (C=O) groups excluding carboxylic acids is 2. The minimum Gasteiger partial charge on any atom is -0.356 e. The maximum atomic E-state index is 11.6. The third-order valence-corrected chi connectivity index (χ3v) is 3.15. The molecule has 0 rings (SSSR count). The zero-order valence-electron chi connectivity index (χ0n) is 12.5.